The predicted octanol–water partition coefficient (Wildman–Crippen LogP) is 5.68. The van der Waals surface area contributed by atoms with Gasteiger partial charge in [-0.2, -0.15) is 0 Å². The number of benzene rings is 2. The molecule has 0 atom stereocenters. The molecule has 3 rings (SSSR count). The summed E-state index contributed by atoms with van der Waals surface area (Å²) in [7, 11) is 1.62. The fourth-order valence-corrected chi connectivity index (χ4v) is 3.80. The molecule has 5 heteroatoms. The van der Waals surface area contributed by atoms with Gasteiger partial charge >= 0.3 is 5.97 Å². The Kier molecular flexibility index (Phi) is 5.59. The van der Waals surface area contributed by atoms with E-state index in [9.17, 15) is 15.0 Å². The van der Waals surface area contributed by atoms with Crippen LogP contribution in [-0.2, 0) is 12.8 Å². The Morgan fingerprint density at radius 3 is 2.41 bits per heavy atom. The lowest BCUT2D eigenvalue weighted by molar-refractivity contribution is 0.0692. The molecule has 0 saturated carbocycles. The quantitative estimate of drug-likeness (QED) is 0.498. The first-order chi connectivity index (χ1) is 13.0. The number of aryl methyl sites for hydroxylation is 2. The summed E-state index contributed by atoms with van der Waals surface area (Å²) in [6, 6.07) is 5.25. The van der Waals surface area contributed by atoms with Gasteiger partial charge in [-0.3, -0.25) is 0 Å². The highest BCUT2D eigenvalue weighted by molar-refractivity contribution is 6.12. The third kappa shape index (κ3) is 3.46. The van der Waals surface area contributed by atoms with Crippen molar-refractivity contribution in [2.24, 2.45) is 0 Å². The zero-order chi connectivity index (χ0) is 19.6. The zero-order valence-electron chi connectivity index (χ0n) is 16.1. The molecule has 0 aliphatic carbocycles. The van der Waals surface area contributed by atoms with E-state index in [1.54, 1.807) is 7.11 Å². The molecule has 3 aromatic rings. The van der Waals surface area contributed by atoms with Gasteiger partial charge in [0.15, 0.2) is 0 Å². The first-order valence-electron chi connectivity index (χ1n) is 9.53. The fraction of sp³-hybridized carbons (Fsp3) is 0.409. The second kappa shape index (κ2) is 7.91. The lowest BCUT2D eigenvalue weighted by Gasteiger charge is -2.11. The Bertz CT molecular complexity index is 984. The van der Waals surface area contributed by atoms with E-state index >= 15 is 0 Å². The highest BCUT2D eigenvalue weighted by Gasteiger charge is 2.24. The molecule has 0 aliphatic rings. The highest BCUT2D eigenvalue weighted by atomic mass is 16.5. The van der Waals surface area contributed by atoms with Gasteiger partial charge in [0, 0.05) is 22.9 Å². The summed E-state index contributed by atoms with van der Waals surface area (Å²) in [6.07, 6.45) is 5.48. The number of carbonyl (C=O) groups is 1. The molecule has 5 nitrogen and oxygen atoms in total. The van der Waals surface area contributed by atoms with Crippen molar-refractivity contribution in [3.05, 3.63) is 34.9 Å². The topological polar surface area (TPSA) is 79.9 Å². The number of phenols is 1. The van der Waals surface area contributed by atoms with Crippen molar-refractivity contribution in [2.75, 3.05) is 7.11 Å². The van der Waals surface area contributed by atoms with E-state index in [1.165, 1.54) is 6.07 Å². The average Bonchev–Trinajstić information content (AvgIpc) is 2.99. The van der Waals surface area contributed by atoms with Gasteiger partial charge in [-0.05, 0) is 36.5 Å². The van der Waals surface area contributed by atoms with Gasteiger partial charge in [0.2, 0.25) is 0 Å². The van der Waals surface area contributed by atoms with E-state index in [0.717, 1.165) is 48.4 Å². The van der Waals surface area contributed by atoms with Crippen LogP contribution >= 0.6 is 0 Å². The minimum atomic E-state index is -1.12. The summed E-state index contributed by atoms with van der Waals surface area (Å²) in [5.41, 5.74) is 2.88. The number of unbranched alkanes of at least 4 members (excludes halogenated alkanes) is 2. The number of carboxylic acids is 1. The predicted molar refractivity (Wildman–Crippen MR) is 106 cm³/mol. The van der Waals surface area contributed by atoms with Crippen molar-refractivity contribution in [1.29, 1.82) is 0 Å². The lowest BCUT2D eigenvalue weighted by atomic mass is 9.93. The van der Waals surface area contributed by atoms with Gasteiger partial charge in [0.05, 0.1) is 7.11 Å². The second-order valence-corrected chi connectivity index (χ2v) is 6.90. The zero-order valence-corrected chi connectivity index (χ0v) is 16.1. The number of ether oxygens (including phenoxy) is 1. The van der Waals surface area contributed by atoms with Gasteiger partial charge in [-0.25, -0.2) is 4.79 Å². The Labute approximate surface area is 158 Å². The maximum atomic E-state index is 11.8. The Morgan fingerprint density at radius 2 is 1.78 bits per heavy atom. The Morgan fingerprint density at radius 1 is 1.04 bits per heavy atom. The van der Waals surface area contributed by atoms with Crippen molar-refractivity contribution >= 4 is 27.9 Å². The van der Waals surface area contributed by atoms with E-state index in [1.807, 2.05) is 19.1 Å². The van der Waals surface area contributed by atoms with Gasteiger partial charge < -0.3 is 19.4 Å². The van der Waals surface area contributed by atoms with Crippen molar-refractivity contribution in [1.82, 2.24) is 0 Å². The number of fused-ring (bicyclic) bond motifs is 3. The number of hydrogen-bond acceptors (Lipinski definition) is 4. The summed E-state index contributed by atoms with van der Waals surface area (Å²) in [4.78, 5) is 11.8. The molecule has 2 aromatic carbocycles. The molecule has 0 radical (unpaired) electrons. The van der Waals surface area contributed by atoms with Crippen LogP contribution < -0.4 is 4.74 Å². The Hall–Kier alpha value is -2.69. The normalized spacial score (nSPS) is 11.4. The number of rotatable bonds is 8. The minimum absolute atomic E-state index is 0.0256. The first kappa shape index (κ1) is 19.1. The van der Waals surface area contributed by atoms with E-state index < -0.39 is 5.97 Å². The number of aromatic hydroxyl groups is 1. The van der Waals surface area contributed by atoms with Crippen LogP contribution in [0.15, 0.2) is 22.6 Å². The highest BCUT2D eigenvalue weighted by Crippen LogP contribution is 2.41. The average molecular weight is 370 g/mol. The third-order valence-corrected chi connectivity index (χ3v) is 5.00. The van der Waals surface area contributed by atoms with E-state index in [0.29, 0.717) is 28.9 Å². The number of aromatic carboxylic acids is 1. The van der Waals surface area contributed by atoms with Crippen LogP contribution in [0.4, 0.5) is 0 Å². The van der Waals surface area contributed by atoms with E-state index in [4.69, 9.17) is 9.15 Å². The molecule has 27 heavy (non-hydrogen) atoms. The molecule has 0 fully saturated rings. The summed E-state index contributed by atoms with van der Waals surface area (Å²) in [5, 5.41) is 21.7. The SMILES string of the molecule is CCCCCc1cc(OC)cc2oc3cc(O)c(C(=O)O)c(CCC)c3c12. The summed E-state index contributed by atoms with van der Waals surface area (Å²) >= 11 is 0. The summed E-state index contributed by atoms with van der Waals surface area (Å²) in [5.74, 6) is -0.655. The summed E-state index contributed by atoms with van der Waals surface area (Å²) < 4.78 is 11.4. The number of carboxylic acid groups (broad SMARTS) is 1. The van der Waals surface area contributed by atoms with Crippen LogP contribution in [0.25, 0.3) is 21.9 Å². The minimum Gasteiger partial charge on any atom is -0.507 e. The van der Waals surface area contributed by atoms with Crippen LogP contribution in [0.1, 0.15) is 61.0 Å². The number of hydrogen-bond donors (Lipinski definition) is 2. The molecular formula is C22H26O5. The maximum Gasteiger partial charge on any atom is 0.339 e. The third-order valence-electron chi connectivity index (χ3n) is 5.00. The second-order valence-electron chi connectivity index (χ2n) is 6.90. The molecule has 0 spiro atoms. The molecule has 0 bridgehead atoms. The molecule has 0 saturated heterocycles. The van der Waals surface area contributed by atoms with Gasteiger partial charge in [-0.1, -0.05) is 33.1 Å². The monoisotopic (exact) mass is 370 g/mol. The van der Waals surface area contributed by atoms with Gasteiger partial charge in [-0.15, -0.1) is 0 Å². The van der Waals surface area contributed by atoms with E-state index in [-0.39, 0.29) is 11.3 Å². The van der Waals surface area contributed by atoms with Crippen LogP contribution in [0, 0.1) is 0 Å². The van der Waals surface area contributed by atoms with Crippen molar-refractivity contribution in [3.63, 3.8) is 0 Å². The lowest BCUT2D eigenvalue weighted by Crippen LogP contribution is -2.04. The van der Waals surface area contributed by atoms with Crippen molar-refractivity contribution in [3.8, 4) is 11.5 Å². The first-order valence-corrected chi connectivity index (χ1v) is 9.53. The molecule has 2 N–H and O–H groups in total. The van der Waals surface area contributed by atoms with Crippen LogP contribution in [0.5, 0.6) is 11.5 Å². The standard InChI is InChI=1S/C22H26O5/c1-4-6-7-9-13-10-14(26-3)11-17-19(13)21-15(8-5-2)20(22(24)25)16(23)12-18(21)27-17/h10-12,23H,4-9H2,1-3H3,(H,24,25). The largest absolute Gasteiger partial charge is 0.507 e. The molecule has 0 aliphatic heterocycles. The molecule has 144 valence electrons. The fourth-order valence-electron chi connectivity index (χ4n) is 3.80. The van der Waals surface area contributed by atoms with Gasteiger partial charge in [0.1, 0.15) is 28.2 Å². The van der Waals surface area contributed by atoms with Crippen LogP contribution in [-0.4, -0.2) is 23.3 Å². The molecule has 1 aromatic heterocycles. The summed E-state index contributed by atoms with van der Waals surface area (Å²) in [6.45, 7) is 4.16. The molecule has 1 heterocycles. The van der Waals surface area contributed by atoms with Crippen molar-refractivity contribution in [2.45, 2.75) is 52.4 Å². The van der Waals surface area contributed by atoms with Gasteiger partial charge in [0.25, 0.3) is 0 Å². The van der Waals surface area contributed by atoms with Crippen LogP contribution in [0.3, 0.4) is 0 Å². The van der Waals surface area contributed by atoms with Crippen molar-refractivity contribution < 1.29 is 24.2 Å². The smallest absolute Gasteiger partial charge is 0.339 e. The molecule has 0 unspecified atom stereocenters. The number of methoxy groups -OCH3 is 1. The van der Waals surface area contributed by atoms with Crippen LogP contribution in [0.2, 0.25) is 0 Å². The maximum absolute atomic E-state index is 11.8. The molecular weight excluding hydrogens is 344 g/mol. The number of furan rings is 1. The molecule has 0 amide bonds. The Balaban J connectivity index is 2.38. The van der Waals surface area contributed by atoms with E-state index in [2.05, 4.69) is 6.92 Å².